The molecule has 134 valence electrons. The molecule has 1 aromatic heterocycles. The summed E-state index contributed by atoms with van der Waals surface area (Å²) in [6.07, 6.45) is 7.41. The molecule has 1 aromatic carbocycles. The summed E-state index contributed by atoms with van der Waals surface area (Å²) in [4.78, 5) is 2.53. The van der Waals surface area contributed by atoms with Crippen LogP contribution in [0.3, 0.4) is 0 Å². The molecular weight excluding hydrogens is 355 g/mol. The van der Waals surface area contributed by atoms with Gasteiger partial charge < -0.3 is 5.32 Å². The van der Waals surface area contributed by atoms with E-state index in [0.717, 1.165) is 31.0 Å². The maximum atomic E-state index is 6.47. The third-order valence-electron chi connectivity index (χ3n) is 5.17. The summed E-state index contributed by atoms with van der Waals surface area (Å²) in [6.45, 7) is 4.27. The van der Waals surface area contributed by atoms with Crippen LogP contribution in [0.2, 0.25) is 10.0 Å². The molecular formula is C19H24Cl2N4. The topological polar surface area (TPSA) is 33.1 Å². The Morgan fingerprint density at radius 3 is 2.68 bits per heavy atom. The van der Waals surface area contributed by atoms with E-state index < -0.39 is 0 Å². The fourth-order valence-corrected chi connectivity index (χ4v) is 4.35. The molecule has 0 bridgehead atoms. The Hall–Kier alpha value is -1.23. The van der Waals surface area contributed by atoms with Gasteiger partial charge in [-0.15, -0.1) is 0 Å². The number of benzene rings is 1. The van der Waals surface area contributed by atoms with Crippen LogP contribution >= 0.6 is 23.2 Å². The average Bonchev–Trinajstić information content (AvgIpc) is 2.79. The van der Waals surface area contributed by atoms with Crippen molar-refractivity contribution in [3.05, 3.63) is 39.5 Å². The third-order valence-corrected chi connectivity index (χ3v) is 5.71. The van der Waals surface area contributed by atoms with Crippen LogP contribution in [0.1, 0.15) is 43.4 Å². The molecule has 0 unspecified atom stereocenters. The highest BCUT2D eigenvalue weighted by atomic mass is 35.5. The predicted molar refractivity (Wildman–Crippen MR) is 104 cm³/mol. The SMILES string of the molecule is Clc1ccc(-n2nc(CN3CCCCC3)c3c2NCCCC3)c(Cl)c1. The van der Waals surface area contributed by atoms with Crippen molar-refractivity contribution < 1.29 is 0 Å². The molecule has 3 heterocycles. The normalized spacial score (nSPS) is 18.5. The van der Waals surface area contributed by atoms with Crippen LogP contribution in [0, 0.1) is 0 Å². The number of rotatable bonds is 3. The van der Waals surface area contributed by atoms with Crippen molar-refractivity contribution in [2.45, 2.75) is 45.1 Å². The van der Waals surface area contributed by atoms with E-state index in [0.29, 0.717) is 10.0 Å². The van der Waals surface area contributed by atoms with Gasteiger partial charge in [-0.25, -0.2) is 4.68 Å². The Balaban J connectivity index is 1.73. The molecule has 1 N–H and O–H groups in total. The number of halogens is 2. The Morgan fingerprint density at radius 2 is 1.88 bits per heavy atom. The second kappa shape index (κ2) is 7.56. The standard InChI is InChI=1S/C19H24Cl2N4/c20-14-7-8-18(16(21)12-14)25-19-15(6-2-3-9-22-19)17(23-25)13-24-10-4-1-5-11-24/h7-8,12,22H,1-6,9-11,13H2. The predicted octanol–water partition coefficient (Wildman–Crippen LogP) is 4.91. The number of likely N-dealkylation sites (tertiary alicyclic amines) is 1. The molecule has 2 aliphatic rings. The van der Waals surface area contributed by atoms with Crippen LogP contribution in [-0.4, -0.2) is 34.3 Å². The van der Waals surface area contributed by atoms with Gasteiger partial charge in [-0.1, -0.05) is 29.6 Å². The van der Waals surface area contributed by atoms with Gasteiger partial charge in [-0.05, 0) is 63.4 Å². The van der Waals surface area contributed by atoms with Crippen molar-refractivity contribution in [3.8, 4) is 5.69 Å². The van der Waals surface area contributed by atoms with Crippen molar-refractivity contribution in [1.82, 2.24) is 14.7 Å². The summed E-state index contributed by atoms with van der Waals surface area (Å²) < 4.78 is 1.98. The number of aromatic nitrogens is 2. The molecule has 0 atom stereocenters. The molecule has 6 heteroatoms. The zero-order chi connectivity index (χ0) is 17.2. The van der Waals surface area contributed by atoms with Crippen LogP contribution in [0.5, 0.6) is 0 Å². The molecule has 4 nitrogen and oxygen atoms in total. The first kappa shape index (κ1) is 17.2. The van der Waals surface area contributed by atoms with Crippen molar-refractivity contribution in [2.24, 2.45) is 0 Å². The number of nitrogens with one attached hydrogen (secondary N) is 1. The molecule has 2 aliphatic heterocycles. The van der Waals surface area contributed by atoms with Gasteiger partial charge in [0, 0.05) is 23.7 Å². The van der Waals surface area contributed by atoms with Gasteiger partial charge in [-0.2, -0.15) is 5.10 Å². The van der Waals surface area contributed by atoms with E-state index >= 15 is 0 Å². The molecule has 0 spiro atoms. The second-order valence-corrected chi connectivity index (χ2v) is 7.85. The number of piperidine rings is 1. The zero-order valence-corrected chi connectivity index (χ0v) is 15.9. The first-order chi connectivity index (χ1) is 12.2. The highest BCUT2D eigenvalue weighted by Crippen LogP contribution is 2.32. The van der Waals surface area contributed by atoms with Crippen LogP contribution in [0.4, 0.5) is 5.82 Å². The first-order valence-electron chi connectivity index (χ1n) is 9.25. The Labute approximate surface area is 159 Å². The van der Waals surface area contributed by atoms with Gasteiger partial charge in [-0.3, -0.25) is 4.90 Å². The number of hydrogen-bond acceptors (Lipinski definition) is 3. The van der Waals surface area contributed by atoms with Crippen molar-refractivity contribution in [1.29, 1.82) is 0 Å². The molecule has 1 fully saturated rings. The van der Waals surface area contributed by atoms with Gasteiger partial charge in [0.25, 0.3) is 0 Å². The molecule has 0 radical (unpaired) electrons. The van der Waals surface area contributed by atoms with E-state index in [-0.39, 0.29) is 0 Å². The van der Waals surface area contributed by atoms with Crippen LogP contribution in [0.15, 0.2) is 18.2 Å². The Kier molecular flexibility index (Phi) is 5.20. The van der Waals surface area contributed by atoms with E-state index in [4.69, 9.17) is 28.3 Å². The number of fused-ring (bicyclic) bond motifs is 1. The fraction of sp³-hybridized carbons (Fsp3) is 0.526. The minimum atomic E-state index is 0.633. The molecule has 2 aromatic rings. The van der Waals surface area contributed by atoms with E-state index in [1.165, 1.54) is 56.5 Å². The largest absolute Gasteiger partial charge is 0.370 e. The van der Waals surface area contributed by atoms with Gasteiger partial charge >= 0.3 is 0 Å². The minimum absolute atomic E-state index is 0.633. The van der Waals surface area contributed by atoms with Crippen LogP contribution < -0.4 is 5.32 Å². The van der Waals surface area contributed by atoms with Crippen LogP contribution in [0.25, 0.3) is 5.69 Å². The zero-order valence-electron chi connectivity index (χ0n) is 14.4. The van der Waals surface area contributed by atoms with E-state index in [2.05, 4.69) is 10.2 Å². The maximum Gasteiger partial charge on any atom is 0.133 e. The highest BCUT2D eigenvalue weighted by molar-refractivity contribution is 6.35. The van der Waals surface area contributed by atoms with Gasteiger partial charge in [0.15, 0.2) is 0 Å². The first-order valence-corrected chi connectivity index (χ1v) is 10.0. The van der Waals surface area contributed by atoms with E-state index in [1.54, 1.807) is 6.07 Å². The summed E-state index contributed by atoms with van der Waals surface area (Å²) in [5.74, 6) is 1.11. The second-order valence-electron chi connectivity index (χ2n) is 7.00. The summed E-state index contributed by atoms with van der Waals surface area (Å²) in [6, 6.07) is 5.61. The third kappa shape index (κ3) is 3.67. The van der Waals surface area contributed by atoms with Gasteiger partial charge in [0.2, 0.25) is 0 Å². The molecule has 1 saturated heterocycles. The average molecular weight is 379 g/mol. The maximum absolute atomic E-state index is 6.47. The lowest BCUT2D eigenvalue weighted by Gasteiger charge is -2.25. The molecule has 0 amide bonds. The number of nitrogens with zero attached hydrogens (tertiary/aromatic N) is 3. The van der Waals surface area contributed by atoms with Crippen LogP contribution in [-0.2, 0) is 13.0 Å². The minimum Gasteiger partial charge on any atom is -0.370 e. The monoisotopic (exact) mass is 378 g/mol. The van der Waals surface area contributed by atoms with Gasteiger partial charge in [0.05, 0.1) is 16.4 Å². The van der Waals surface area contributed by atoms with Crippen molar-refractivity contribution in [2.75, 3.05) is 25.0 Å². The number of anilines is 1. The molecule has 0 aliphatic carbocycles. The lowest BCUT2D eigenvalue weighted by Crippen LogP contribution is -2.29. The highest BCUT2D eigenvalue weighted by Gasteiger charge is 2.23. The molecule has 0 saturated carbocycles. The molecule has 4 rings (SSSR count). The lowest BCUT2D eigenvalue weighted by atomic mass is 10.1. The quantitative estimate of drug-likeness (QED) is 0.822. The van der Waals surface area contributed by atoms with E-state index in [1.807, 2.05) is 16.8 Å². The smallest absolute Gasteiger partial charge is 0.133 e. The van der Waals surface area contributed by atoms with Crippen molar-refractivity contribution in [3.63, 3.8) is 0 Å². The van der Waals surface area contributed by atoms with Gasteiger partial charge in [0.1, 0.15) is 5.82 Å². The Bertz CT molecular complexity index is 750. The number of hydrogen-bond donors (Lipinski definition) is 1. The summed E-state index contributed by atoms with van der Waals surface area (Å²) in [5.41, 5.74) is 3.44. The van der Waals surface area contributed by atoms with Crippen molar-refractivity contribution >= 4 is 29.0 Å². The Morgan fingerprint density at radius 1 is 1.04 bits per heavy atom. The fourth-order valence-electron chi connectivity index (χ4n) is 3.86. The summed E-state index contributed by atoms with van der Waals surface area (Å²) >= 11 is 12.5. The van der Waals surface area contributed by atoms with E-state index in [9.17, 15) is 0 Å². The lowest BCUT2D eigenvalue weighted by molar-refractivity contribution is 0.217. The molecule has 25 heavy (non-hydrogen) atoms. The summed E-state index contributed by atoms with van der Waals surface area (Å²) in [7, 11) is 0. The summed E-state index contributed by atoms with van der Waals surface area (Å²) in [5, 5.41) is 9.83.